The first-order valence-electron chi connectivity index (χ1n) is 27.7. The Bertz CT molecular complexity index is 1200. The van der Waals surface area contributed by atoms with Gasteiger partial charge in [0.2, 0.25) is 5.91 Å². The van der Waals surface area contributed by atoms with Crippen molar-refractivity contribution in [2.24, 2.45) is 0 Å². The lowest BCUT2D eigenvalue weighted by Crippen LogP contribution is -2.46. The quantitative estimate of drug-likeness (QED) is 0.0321. The van der Waals surface area contributed by atoms with Gasteiger partial charge in [0.05, 0.1) is 25.2 Å². The summed E-state index contributed by atoms with van der Waals surface area (Å²) >= 11 is 0. The Kier molecular flexibility index (Phi) is 50.1. The van der Waals surface area contributed by atoms with Gasteiger partial charge in [-0.15, -0.1) is 0 Å². The van der Waals surface area contributed by atoms with E-state index in [2.05, 4.69) is 74.7 Å². The van der Waals surface area contributed by atoms with Crippen molar-refractivity contribution in [2.75, 3.05) is 6.61 Å². The van der Waals surface area contributed by atoms with Gasteiger partial charge in [0.1, 0.15) is 6.10 Å². The second kappa shape index (κ2) is 52.3. The molecule has 0 rings (SSSR count). The van der Waals surface area contributed by atoms with Crippen molar-refractivity contribution in [3.05, 3.63) is 72.9 Å². The van der Waals surface area contributed by atoms with Crippen LogP contribution in [0, 0.1) is 0 Å². The lowest BCUT2D eigenvalue weighted by atomic mass is 10.0. The molecule has 0 spiro atoms. The highest BCUT2D eigenvalue weighted by Gasteiger charge is 2.24. The number of amides is 1. The molecule has 6 heteroatoms. The zero-order valence-electron chi connectivity index (χ0n) is 42.9. The molecule has 0 radical (unpaired) electrons. The Morgan fingerprint density at radius 1 is 0.462 bits per heavy atom. The summed E-state index contributed by atoms with van der Waals surface area (Å²) < 4.78 is 5.92. The van der Waals surface area contributed by atoms with Crippen LogP contribution in [0.3, 0.4) is 0 Å². The highest BCUT2D eigenvalue weighted by atomic mass is 16.5. The Balaban J connectivity index is 4.61. The minimum Gasteiger partial charge on any atom is -0.462 e. The molecule has 0 fully saturated rings. The van der Waals surface area contributed by atoms with Crippen molar-refractivity contribution in [2.45, 2.75) is 283 Å². The molecule has 3 unspecified atom stereocenters. The van der Waals surface area contributed by atoms with Gasteiger partial charge < -0.3 is 20.3 Å². The van der Waals surface area contributed by atoms with Crippen molar-refractivity contribution in [3.8, 4) is 0 Å². The number of aliphatic hydroxyl groups is 2. The molecule has 0 saturated carbocycles. The average Bonchev–Trinajstić information content (AvgIpc) is 3.30. The molecule has 0 saturated heterocycles. The van der Waals surface area contributed by atoms with Gasteiger partial charge >= 0.3 is 5.97 Å². The van der Waals surface area contributed by atoms with Crippen LogP contribution in [0.1, 0.15) is 265 Å². The maximum Gasteiger partial charge on any atom is 0.306 e. The molecule has 0 aliphatic carbocycles. The largest absolute Gasteiger partial charge is 0.462 e. The van der Waals surface area contributed by atoms with Crippen LogP contribution in [0.15, 0.2) is 72.9 Å². The van der Waals surface area contributed by atoms with E-state index in [0.29, 0.717) is 19.3 Å². The summed E-state index contributed by atoms with van der Waals surface area (Å²) in [6.45, 7) is 6.34. The number of hydrogen-bond acceptors (Lipinski definition) is 5. The first-order chi connectivity index (χ1) is 32.0. The third-order valence-electron chi connectivity index (χ3n) is 12.4. The Labute approximate surface area is 402 Å². The maximum absolute atomic E-state index is 13.2. The molecule has 0 aliphatic heterocycles. The average molecular weight is 908 g/mol. The van der Waals surface area contributed by atoms with Gasteiger partial charge in [0, 0.05) is 6.42 Å². The number of unbranched alkanes of at least 4 members (excludes halogenated alkanes) is 29. The molecule has 0 heterocycles. The lowest BCUT2D eigenvalue weighted by molar-refractivity contribution is -0.151. The van der Waals surface area contributed by atoms with Crippen LogP contribution in [0.25, 0.3) is 0 Å². The second-order valence-electron chi connectivity index (χ2n) is 18.7. The molecular weight excluding hydrogens is 803 g/mol. The number of esters is 1. The molecular formula is C59H105NO5. The third kappa shape index (κ3) is 47.6. The third-order valence-corrected chi connectivity index (χ3v) is 12.4. The van der Waals surface area contributed by atoms with E-state index in [1.54, 1.807) is 0 Å². The van der Waals surface area contributed by atoms with Gasteiger partial charge in [-0.05, 0) is 70.6 Å². The number of rotatable bonds is 49. The number of ether oxygens (including phenoxy) is 1. The van der Waals surface area contributed by atoms with E-state index in [1.807, 2.05) is 24.3 Å². The molecule has 376 valence electrons. The molecule has 65 heavy (non-hydrogen) atoms. The van der Waals surface area contributed by atoms with Gasteiger partial charge in [-0.1, -0.05) is 254 Å². The van der Waals surface area contributed by atoms with Crippen molar-refractivity contribution in [1.82, 2.24) is 5.32 Å². The minimum atomic E-state index is -0.805. The van der Waals surface area contributed by atoms with Crippen LogP contribution in [0.5, 0.6) is 0 Å². The monoisotopic (exact) mass is 908 g/mol. The fraction of sp³-hybridized carbons (Fsp3) is 0.763. The summed E-state index contributed by atoms with van der Waals surface area (Å²) in [5.41, 5.74) is 0. The number of nitrogens with one attached hydrogen (secondary N) is 1. The van der Waals surface area contributed by atoms with Crippen LogP contribution < -0.4 is 5.32 Å². The molecule has 3 N–H and O–H groups in total. The van der Waals surface area contributed by atoms with Gasteiger partial charge in [-0.25, -0.2) is 0 Å². The molecule has 3 atom stereocenters. The van der Waals surface area contributed by atoms with Crippen molar-refractivity contribution in [3.63, 3.8) is 0 Å². The first kappa shape index (κ1) is 62.3. The van der Waals surface area contributed by atoms with Gasteiger partial charge in [0.25, 0.3) is 0 Å². The van der Waals surface area contributed by atoms with E-state index in [1.165, 1.54) is 128 Å². The highest BCUT2D eigenvalue weighted by Crippen LogP contribution is 2.18. The first-order valence-corrected chi connectivity index (χ1v) is 27.7. The summed E-state index contributed by atoms with van der Waals surface area (Å²) in [7, 11) is 0. The van der Waals surface area contributed by atoms with Crippen LogP contribution in [-0.4, -0.2) is 46.9 Å². The summed E-state index contributed by atoms with van der Waals surface area (Å²) in [5, 5.41) is 23.8. The second-order valence-corrected chi connectivity index (χ2v) is 18.7. The number of aliphatic hydroxyl groups excluding tert-OH is 2. The molecule has 6 nitrogen and oxygen atoms in total. The van der Waals surface area contributed by atoms with Gasteiger partial charge in [0.15, 0.2) is 0 Å². The van der Waals surface area contributed by atoms with Crippen molar-refractivity contribution < 1.29 is 24.5 Å². The molecule has 1 amide bonds. The van der Waals surface area contributed by atoms with Crippen LogP contribution in [-0.2, 0) is 14.3 Å². The molecule has 0 aromatic heterocycles. The molecule has 0 aromatic carbocycles. The van der Waals surface area contributed by atoms with Gasteiger partial charge in [-0.3, -0.25) is 9.59 Å². The number of carbonyl (C=O) groups is 2. The van der Waals surface area contributed by atoms with Crippen molar-refractivity contribution in [1.29, 1.82) is 0 Å². The molecule has 0 bridgehead atoms. The van der Waals surface area contributed by atoms with Crippen LogP contribution >= 0.6 is 0 Å². The summed E-state index contributed by atoms with van der Waals surface area (Å²) in [5.74, 6) is -0.529. The van der Waals surface area contributed by atoms with Crippen molar-refractivity contribution >= 4 is 11.9 Å². The van der Waals surface area contributed by atoms with E-state index in [0.717, 1.165) is 89.9 Å². The number of hydrogen-bond donors (Lipinski definition) is 3. The lowest BCUT2D eigenvalue weighted by Gasteiger charge is -2.24. The Morgan fingerprint density at radius 3 is 1.29 bits per heavy atom. The van der Waals surface area contributed by atoms with Gasteiger partial charge in [-0.2, -0.15) is 0 Å². The molecule has 0 aliphatic rings. The summed E-state index contributed by atoms with van der Waals surface area (Å²) in [4.78, 5) is 26.2. The predicted octanol–water partition coefficient (Wildman–Crippen LogP) is 17.0. The maximum atomic E-state index is 13.2. The number of carbonyl (C=O) groups excluding carboxylic acids is 2. The van der Waals surface area contributed by atoms with E-state index in [-0.39, 0.29) is 24.9 Å². The fourth-order valence-corrected chi connectivity index (χ4v) is 8.20. The van der Waals surface area contributed by atoms with Crippen LogP contribution in [0.2, 0.25) is 0 Å². The fourth-order valence-electron chi connectivity index (χ4n) is 8.20. The Hall–Kier alpha value is -2.70. The van der Waals surface area contributed by atoms with E-state index in [4.69, 9.17) is 4.74 Å². The highest BCUT2D eigenvalue weighted by molar-refractivity contribution is 5.77. The number of allylic oxidation sites excluding steroid dienone is 12. The predicted molar refractivity (Wildman–Crippen MR) is 282 cm³/mol. The van der Waals surface area contributed by atoms with Crippen LogP contribution in [0.4, 0.5) is 0 Å². The molecule has 0 aromatic rings. The summed E-state index contributed by atoms with van der Waals surface area (Å²) in [6, 6.07) is -0.721. The zero-order chi connectivity index (χ0) is 47.4. The zero-order valence-corrected chi connectivity index (χ0v) is 42.9. The van der Waals surface area contributed by atoms with E-state index < -0.39 is 18.2 Å². The Morgan fingerprint density at radius 2 is 0.831 bits per heavy atom. The smallest absolute Gasteiger partial charge is 0.306 e. The normalized spacial score (nSPS) is 13.7. The summed E-state index contributed by atoms with van der Waals surface area (Å²) in [6.07, 6.45) is 66.8. The topological polar surface area (TPSA) is 95.9 Å². The minimum absolute atomic E-state index is 0.0431. The SMILES string of the molecule is CC/C=C/C=C/C=C/C=C\CCCCCC(CC(=O)NC(CO)C(O)CCCCCCCCCCCCCCCCC)OC(=O)CCCCCCC/C=C/C=C/CCCCCCCCC. The van der Waals surface area contributed by atoms with E-state index in [9.17, 15) is 19.8 Å². The van der Waals surface area contributed by atoms with E-state index >= 15 is 0 Å². The standard InChI is InChI=1S/C59H105NO5/c1-4-7-10-13-16-19-22-25-27-28-29-31-34-37-40-43-46-49-52-59(64)65-55(50-47-44-41-38-35-32-24-21-18-15-12-9-6-3)53-58(63)60-56(54-61)57(62)51-48-45-42-39-36-33-30-26-23-20-17-14-11-8-5-2/h9,12,15,18,21,24,27-29,31-32,35,55-57,61-62H,4-8,10-11,13-14,16-17,19-20,22-23,25-26,30,33-34,36-54H2,1-3H3,(H,60,63)/b12-9+,18-15+,24-21+,28-27+,31-29+,35-32-.